The van der Waals surface area contributed by atoms with Crippen LogP contribution in [0.1, 0.15) is 13.8 Å². The summed E-state index contributed by atoms with van der Waals surface area (Å²) in [6.45, 7) is 4.78. The molecule has 66 valence electrons. The molecule has 0 aromatic heterocycles. The molecule has 0 aromatic carbocycles. The van der Waals surface area contributed by atoms with Gasteiger partial charge in [-0.05, 0) is 13.8 Å². The number of carboxylic acids is 1. The summed E-state index contributed by atoms with van der Waals surface area (Å²) in [6.07, 6.45) is 0. The van der Waals surface area contributed by atoms with Crippen LogP contribution < -0.4 is 5.73 Å². The van der Waals surface area contributed by atoms with E-state index in [2.05, 4.69) is 5.73 Å². The van der Waals surface area contributed by atoms with Gasteiger partial charge in [-0.1, -0.05) is 0 Å². The Labute approximate surface area is 65.2 Å². The molecule has 0 saturated heterocycles. The van der Waals surface area contributed by atoms with E-state index < -0.39 is 5.97 Å². The van der Waals surface area contributed by atoms with Crippen LogP contribution >= 0.6 is 0 Å². The Hall–Kier alpha value is -1.23. The Morgan fingerprint density at radius 3 is 1.45 bits per heavy atom. The Kier molecular flexibility index (Phi) is 23.7. The van der Waals surface area contributed by atoms with Crippen molar-refractivity contribution in [3.63, 3.8) is 0 Å². The van der Waals surface area contributed by atoms with Gasteiger partial charge in [0.1, 0.15) is 12.6 Å². The van der Waals surface area contributed by atoms with Gasteiger partial charge >= 0.3 is 5.97 Å². The first-order valence-electron chi connectivity index (χ1n) is 2.68. The summed E-state index contributed by atoms with van der Waals surface area (Å²) in [5.74, 6) is -0.801. The lowest BCUT2D eigenvalue weighted by Gasteiger charge is -1.73. The van der Waals surface area contributed by atoms with E-state index in [0.29, 0.717) is 0 Å². The summed E-state index contributed by atoms with van der Waals surface area (Å²) >= 11 is 0. The number of carbonyl (C=O) groups excluding carboxylic acids is 2. The molecule has 3 N–H and O–H groups in total. The SMILES string of the molecule is C=O.CC(C)=O.NCC(=O)O. The highest BCUT2D eigenvalue weighted by Crippen LogP contribution is 1.50. The molecular formula is C6H13NO4. The van der Waals surface area contributed by atoms with Crippen molar-refractivity contribution in [3.8, 4) is 0 Å². The molecule has 0 radical (unpaired) electrons. The molecule has 5 heteroatoms. The Morgan fingerprint density at radius 2 is 1.45 bits per heavy atom. The van der Waals surface area contributed by atoms with Gasteiger partial charge in [0.05, 0.1) is 6.54 Å². The molecule has 0 spiro atoms. The van der Waals surface area contributed by atoms with E-state index >= 15 is 0 Å². The lowest BCUT2D eigenvalue weighted by Crippen LogP contribution is -2.10. The van der Waals surface area contributed by atoms with Crippen LogP contribution in [0.25, 0.3) is 0 Å². The molecule has 0 rings (SSSR count). The van der Waals surface area contributed by atoms with Crippen molar-refractivity contribution >= 4 is 18.5 Å². The van der Waals surface area contributed by atoms with Crippen molar-refractivity contribution in [1.29, 1.82) is 0 Å². The van der Waals surface area contributed by atoms with Crippen LogP contribution in [0.15, 0.2) is 0 Å². The molecule has 0 aliphatic heterocycles. The smallest absolute Gasteiger partial charge is 0.317 e. The minimum atomic E-state index is -0.968. The van der Waals surface area contributed by atoms with E-state index in [9.17, 15) is 9.59 Å². The van der Waals surface area contributed by atoms with Crippen LogP contribution in [0.5, 0.6) is 0 Å². The lowest BCUT2D eigenvalue weighted by atomic mass is 10.6. The van der Waals surface area contributed by atoms with Crippen LogP contribution in [0.2, 0.25) is 0 Å². The maximum absolute atomic E-state index is 9.44. The molecule has 0 aliphatic carbocycles. The van der Waals surface area contributed by atoms with Crippen molar-refractivity contribution in [3.05, 3.63) is 0 Å². The largest absolute Gasteiger partial charge is 0.480 e. The average molecular weight is 163 g/mol. The summed E-state index contributed by atoms with van der Waals surface area (Å²) in [5, 5.41) is 7.60. The number of carboxylic acid groups (broad SMARTS) is 1. The molecule has 0 atom stereocenters. The highest BCUT2D eigenvalue weighted by molar-refractivity contribution is 5.72. The first-order valence-corrected chi connectivity index (χ1v) is 2.68. The topological polar surface area (TPSA) is 97.5 Å². The fourth-order valence-electron chi connectivity index (χ4n) is 0. The van der Waals surface area contributed by atoms with Gasteiger partial charge in [0.25, 0.3) is 0 Å². The monoisotopic (exact) mass is 163 g/mol. The van der Waals surface area contributed by atoms with Gasteiger partial charge in [-0.3, -0.25) is 4.79 Å². The van der Waals surface area contributed by atoms with Crippen molar-refractivity contribution in [1.82, 2.24) is 0 Å². The Balaban J connectivity index is -0.0000000965. The second-order valence-electron chi connectivity index (χ2n) is 1.51. The van der Waals surface area contributed by atoms with Crippen molar-refractivity contribution in [2.45, 2.75) is 13.8 Å². The normalized spacial score (nSPS) is 6.09. The number of aliphatic carboxylic acids is 1. The maximum atomic E-state index is 9.44. The van der Waals surface area contributed by atoms with Crippen LogP contribution in [-0.4, -0.2) is 30.2 Å². The molecule has 0 bridgehead atoms. The third-order valence-electron chi connectivity index (χ3n) is 0.175. The second-order valence-corrected chi connectivity index (χ2v) is 1.51. The molecular weight excluding hydrogens is 150 g/mol. The second kappa shape index (κ2) is 15.9. The standard InChI is InChI=1S/C3H6O.C2H5NO2.CH2O/c1-3(2)4;3-1-2(4)5;1-2/h1-2H3;1,3H2,(H,4,5);1H2. The van der Waals surface area contributed by atoms with E-state index in [1.54, 1.807) is 0 Å². The number of hydrogen-bond donors (Lipinski definition) is 2. The lowest BCUT2D eigenvalue weighted by molar-refractivity contribution is -0.135. The molecule has 0 aromatic rings. The first kappa shape index (κ1) is 16.4. The number of rotatable bonds is 1. The fourth-order valence-corrected chi connectivity index (χ4v) is 0. The van der Waals surface area contributed by atoms with Crippen molar-refractivity contribution in [2.24, 2.45) is 5.73 Å². The predicted octanol–water partition coefficient (Wildman–Crippen LogP) is -0.560. The Morgan fingerprint density at radius 1 is 1.36 bits per heavy atom. The van der Waals surface area contributed by atoms with E-state index in [4.69, 9.17) is 9.90 Å². The van der Waals surface area contributed by atoms with Crippen molar-refractivity contribution in [2.75, 3.05) is 6.54 Å². The van der Waals surface area contributed by atoms with Gasteiger partial charge in [0, 0.05) is 0 Å². The van der Waals surface area contributed by atoms with Gasteiger partial charge in [0.2, 0.25) is 0 Å². The molecule has 0 unspecified atom stereocenters. The molecule has 0 heterocycles. The van der Waals surface area contributed by atoms with Gasteiger partial charge in [-0.15, -0.1) is 0 Å². The number of hydrogen-bond acceptors (Lipinski definition) is 4. The molecule has 0 aliphatic rings. The molecule has 11 heavy (non-hydrogen) atoms. The van der Waals surface area contributed by atoms with Crippen LogP contribution in [0.4, 0.5) is 0 Å². The summed E-state index contributed by atoms with van der Waals surface area (Å²) in [7, 11) is 0. The third kappa shape index (κ3) is 678. The first-order chi connectivity index (χ1) is 5.00. The number of Topliss-reactive ketones (excluding diaryl/α,β-unsaturated/α-hetero) is 1. The Bertz CT molecular complexity index is 109. The number of ketones is 1. The van der Waals surface area contributed by atoms with E-state index in [1.165, 1.54) is 13.8 Å². The van der Waals surface area contributed by atoms with Gasteiger partial charge in [-0.25, -0.2) is 0 Å². The minimum absolute atomic E-state index is 0.167. The molecule has 0 fully saturated rings. The van der Waals surface area contributed by atoms with Crippen LogP contribution in [0, 0.1) is 0 Å². The highest BCUT2D eigenvalue weighted by Gasteiger charge is 1.81. The van der Waals surface area contributed by atoms with Crippen molar-refractivity contribution < 1.29 is 19.5 Å². The number of carbonyl (C=O) groups is 3. The summed E-state index contributed by atoms with van der Waals surface area (Å²) < 4.78 is 0. The predicted molar refractivity (Wildman–Crippen MR) is 40.2 cm³/mol. The highest BCUT2D eigenvalue weighted by atomic mass is 16.4. The van der Waals surface area contributed by atoms with E-state index in [1.807, 2.05) is 6.79 Å². The average Bonchev–Trinajstić information content (AvgIpc) is 1.91. The molecule has 0 amide bonds. The number of nitrogens with two attached hydrogens (primary N) is 1. The quantitative estimate of drug-likeness (QED) is 0.540. The summed E-state index contributed by atoms with van der Waals surface area (Å²) in [6, 6.07) is 0. The zero-order valence-corrected chi connectivity index (χ0v) is 6.66. The molecule has 5 nitrogen and oxygen atoms in total. The maximum Gasteiger partial charge on any atom is 0.317 e. The van der Waals surface area contributed by atoms with E-state index in [-0.39, 0.29) is 12.3 Å². The van der Waals surface area contributed by atoms with Gasteiger partial charge < -0.3 is 20.4 Å². The van der Waals surface area contributed by atoms with Crippen LogP contribution in [0.3, 0.4) is 0 Å². The summed E-state index contributed by atoms with van der Waals surface area (Å²) in [4.78, 5) is 26.7. The minimum Gasteiger partial charge on any atom is -0.480 e. The van der Waals surface area contributed by atoms with Gasteiger partial charge in [0.15, 0.2) is 0 Å². The molecule has 0 saturated carbocycles. The zero-order valence-electron chi connectivity index (χ0n) is 6.66. The third-order valence-corrected chi connectivity index (χ3v) is 0.175. The summed E-state index contributed by atoms with van der Waals surface area (Å²) in [5.41, 5.74) is 4.57. The van der Waals surface area contributed by atoms with Gasteiger partial charge in [-0.2, -0.15) is 0 Å². The zero-order chi connectivity index (χ0) is 9.86. The van der Waals surface area contributed by atoms with Crippen LogP contribution in [-0.2, 0) is 14.4 Å². The van der Waals surface area contributed by atoms with E-state index in [0.717, 1.165) is 0 Å². The fraction of sp³-hybridized carbons (Fsp3) is 0.500.